The third-order valence-corrected chi connectivity index (χ3v) is 5.11. The monoisotopic (exact) mass is 345 g/mol. The highest BCUT2D eigenvalue weighted by Crippen LogP contribution is 2.41. The molecule has 3 N–H and O–H groups in total. The van der Waals surface area contributed by atoms with Gasteiger partial charge in [-0.25, -0.2) is 18.6 Å². The van der Waals surface area contributed by atoms with E-state index in [-0.39, 0.29) is 49.6 Å². The number of hydrogen-bond donors (Lipinski definition) is 3. The topological polar surface area (TPSA) is 91.3 Å². The minimum Gasteiger partial charge on any atom is -0.465 e. The van der Waals surface area contributed by atoms with Gasteiger partial charge >= 0.3 is 6.09 Å². The van der Waals surface area contributed by atoms with E-state index in [1.165, 1.54) is 11.3 Å². The largest absolute Gasteiger partial charge is 0.465 e. The van der Waals surface area contributed by atoms with Crippen molar-refractivity contribution < 1.29 is 23.5 Å². The quantitative estimate of drug-likeness (QED) is 0.782. The number of halogens is 2. The molecule has 2 fully saturated rings. The van der Waals surface area contributed by atoms with Gasteiger partial charge in [-0.2, -0.15) is 0 Å². The van der Waals surface area contributed by atoms with Gasteiger partial charge < -0.3 is 15.7 Å². The van der Waals surface area contributed by atoms with E-state index in [9.17, 15) is 18.4 Å². The van der Waals surface area contributed by atoms with Crippen molar-refractivity contribution in [2.45, 2.75) is 56.0 Å². The summed E-state index contributed by atoms with van der Waals surface area (Å²) in [7, 11) is 0. The van der Waals surface area contributed by atoms with Gasteiger partial charge in [-0.3, -0.25) is 4.79 Å². The van der Waals surface area contributed by atoms with Crippen LogP contribution < -0.4 is 10.6 Å². The lowest BCUT2D eigenvalue weighted by Crippen LogP contribution is -2.40. The van der Waals surface area contributed by atoms with Crippen molar-refractivity contribution in [3.05, 3.63) is 16.1 Å². The van der Waals surface area contributed by atoms with Crippen LogP contribution in [0.1, 0.15) is 53.5 Å². The zero-order valence-electron chi connectivity index (χ0n) is 12.2. The fourth-order valence-corrected chi connectivity index (χ4v) is 3.62. The van der Waals surface area contributed by atoms with Crippen LogP contribution >= 0.6 is 11.3 Å². The Labute approximate surface area is 135 Å². The Morgan fingerprint density at radius 2 is 2.00 bits per heavy atom. The maximum absolute atomic E-state index is 13.1. The van der Waals surface area contributed by atoms with Crippen molar-refractivity contribution in [2.75, 3.05) is 0 Å². The zero-order valence-corrected chi connectivity index (χ0v) is 13.0. The highest BCUT2D eigenvalue weighted by molar-refractivity contribution is 7.11. The minimum atomic E-state index is -2.62. The Kier molecular flexibility index (Phi) is 4.22. The number of nitrogens with zero attached hydrogens (tertiary/aromatic N) is 1. The number of amides is 2. The summed E-state index contributed by atoms with van der Waals surface area (Å²) in [6, 6.07) is -0.386. The number of thiazole rings is 1. The van der Waals surface area contributed by atoms with Gasteiger partial charge in [0.25, 0.3) is 5.91 Å². The first-order valence-electron chi connectivity index (χ1n) is 7.47. The maximum Gasteiger partial charge on any atom is 0.404 e. The van der Waals surface area contributed by atoms with Crippen LogP contribution in [0.4, 0.5) is 13.6 Å². The Morgan fingerprint density at radius 3 is 2.65 bits per heavy atom. The number of hydrogen-bond acceptors (Lipinski definition) is 4. The Hall–Kier alpha value is -1.77. The van der Waals surface area contributed by atoms with Crippen molar-refractivity contribution in [3.63, 3.8) is 0 Å². The summed E-state index contributed by atoms with van der Waals surface area (Å²) in [6.07, 6.45) is -0.264. The van der Waals surface area contributed by atoms with Gasteiger partial charge in [0.2, 0.25) is 5.92 Å². The van der Waals surface area contributed by atoms with Crippen LogP contribution in [0.2, 0.25) is 0 Å². The number of nitrogens with one attached hydrogen (secondary N) is 2. The van der Waals surface area contributed by atoms with Gasteiger partial charge in [-0.05, 0) is 19.3 Å². The molecule has 6 nitrogen and oxygen atoms in total. The van der Waals surface area contributed by atoms with Gasteiger partial charge in [-0.15, -0.1) is 11.3 Å². The van der Waals surface area contributed by atoms with E-state index < -0.39 is 12.0 Å². The standard InChI is InChI=1S/C14H17F2N3O3S/c15-14(16)3-1-7(2-4-14)17-11(20)12-18-10(6-23-12)8-5-9(8)19-13(21)22/h6-9,19H,1-5H2,(H,17,20)(H,21,22). The molecule has 2 aliphatic rings. The van der Waals surface area contributed by atoms with E-state index in [0.29, 0.717) is 17.1 Å². The average molecular weight is 345 g/mol. The summed E-state index contributed by atoms with van der Waals surface area (Å²) in [5, 5.41) is 15.8. The third kappa shape index (κ3) is 3.95. The van der Waals surface area contributed by atoms with E-state index in [0.717, 1.165) is 0 Å². The summed E-state index contributed by atoms with van der Waals surface area (Å²) in [5.74, 6) is -2.95. The molecular weight excluding hydrogens is 328 g/mol. The number of carbonyl (C=O) groups excluding carboxylic acids is 1. The van der Waals surface area contributed by atoms with Crippen LogP contribution in [-0.2, 0) is 0 Å². The second-order valence-electron chi connectivity index (χ2n) is 6.08. The summed E-state index contributed by atoms with van der Waals surface area (Å²) in [4.78, 5) is 26.9. The lowest BCUT2D eigenvalue weighted by Gasteiger charge is -2.28. The fraction of sp³-hybridized carbons (Fsp3) is 0.643. The molecule has 2 aliphatic carbocycles. The SMILES string of the molecule is O=C(O)NC1CC1c1csc(C(=O)NC2CCC(F)(F)CC2)n1. The van der Waals surface area contributed by atoms with Gasteiger partial charge in [0, 0.05) is 36.2 Å². The lowest BCUT2D eigenvalue weighted by molar-refractivity contribution is -0.0399. The summed E-state index contributed by atoms with van der Waals surface area (Å²) >= 11 is 1.19. The molecule has 0 aromatic carbocycles. The molecule has 23 heavy (non-hydrogen) atoms. The predicted octanol–water partition coefficient (Wildman–Crippen LogP) is 2.57. The minimum absolute atomic E-state index is 0.0114. The first-order chi connectivity index (χ1) is 10.8. The van der Waals surface area contributed by atoms with Crippen molar-refractivity contribution >= 4 is 23.3 Å². The first-order valence-corrected chi connectivity index (χ1v) is 8.35. The molecule has 0 spiro atoms. The molecule has 2 amide bonds. The third-order valence-electron chi connectivity index (χ3n) is 4.25. The normalized spacial score (nSPS) is 26.5. The number of carboxylic acid groups (broad SMARTS) is 1. The summed E-state index contributed by atoms with van der Waals surface area (Å²) in [6.45, 7) is 0. The number of alkyl halides is 2. The van der Waals surface area contributed by atoms with Crippen LogP contribution in [0.5, 0.6) is 0 Å². The second kappa shape index (κ2) is 6.03. The van der Waals surface area contributed by atoms with Crippen molar-refractivity contribution in [2.24, 2.45) is 0 Å². The molecule has 0 radical (unpaired) electrons. The summed E-state index contributed by atoms with van der Waals surface area (Å²) < 4.78 is 26.2. The van der Waals surface area contributed by atoms with E-state index >= 15 is 0 Å². The van der Waals surface area contributed by atoms with Crippen LogP contribution in [0.25, 0.3) is 0 Å². The molecule has 1 aromatic rings. The molecule has 0 bridgehead atoms. The van der Waals surface area contributed by atoms with Crippen LogP contribution in [0, 0.1) is 0 Å². The molecule has 0 saturated heterocycles. The van der Waals surface area contributed by atoms with E-state index in [2.05, 4.69) is 15.6 Å². The highest BCUT2D eigenvalue weighted by Gasteiger charge is 2.41. The molecule has 1 aromatic heterocycles. The predicted molar refractivity (Wildman–Crippen MR) is 79.1 cm³/mol. The Bertz CT molecular complexity index is 612. The smallest absolute Gasteiger partial charge is 0.404 e. The average Bonchev–Trinajstić information content (AvgIpc) is 3.04. The van der Waals surface area contributed by atoms with E-state index in [4.69, 9.17) is 5.11 Å². The lowest BCUT2D eigenvalue weighted by atomic mass is 9.92. The van der Waals surface area contributed by atoms with Gasteiger partial charge in [-0.1, -0.05) is 0 Å². The van der Waals surface area contributed by atoms with Crippen LogP contribution in [0.3, 0.4) is 0 Å². The molecule has 1 heterocycles. The van der Waals surface area contributed by atoms with E-state index in [1.54, 1.807) is 5.38 Å². The second-order valence-corrected chi connectivity index (χ2v) is 6.94. The van der Waals surface area contributed by atoms with Gasteiger partial charge in [0.05, 0.1) is 5.69 Å². The number of carbonyl (C=O) groups is 2. The number of rotatable bonds is 4. The van der Waals surface area contributed by atoms with E-state index in [1.807, 2.05) is 0 Å². The fourth-order valence-electron chi connectivity index (χ4n) is 2.83. The molecular formula is C14H17F2N3O3S. The molecule has 2 atom stereocenters. The van der Waals surface area contributed by atoms with Crippen molar-refractivity contribution in [1.82, 2.24) is 15.6 Å². The molecule has 3 rings (SSSR count). The summed E-state index contributed by atoms with van der Waals surface area (Å²) in [5.41, 5.74) is 0.703. The Morgan fingerprint density at radius 1 is 1.30 bits per heavy atom. The van der Waals surface area contributed by atoms with Crippen molar-refractivity contribution in [3.8, 4) is 0 Å². The molecule has 2 saturated carbocycles. The molecule has 9 heteroatoms. The van der Waals surface area contributed by atoms with Gasteiger partial charge in [0.1, 0.15) is 0 Å². The van der Waals surface area contributed by atoms with Crippen LogP contribution in [-0.4, -0.2) is 40.1 Å². The highest BCUT2D eigenvalue weighted by atomic mass is 32.1. The Balaban J connectivity index is 1.52. The number of aromatic nitrogens is 1. The zero-order chi connectivity index (χ0) is 16.6. The molecule has 0 aliphatic heterocycles. The molecule has 2 unspecified atom stereocenters. The first kappa shape index (κ1) is 16.1. The maximum atomic E-state index is 13.1. The molecule has 126 valence electrons. The van der Waals surface area contributed by atoms with Crippen LogP contribution in [0.15, 0.2) is 5.38 Å². The van der Waals surface area contributed by atoms with Crippen molar-refractivity contribution in [1.29, 1.82) is 0 Å². The van der Waals surface area contributed by atoms with Gasteiger partial charge in [0.15, 0.2) is 5.01 Å².